The molecule has 146 valence electrons. The van der Waals surface area contributed by atoms with Gasteiger partial charge < -0.3 is 9.84 Å². The smallest absolute Gasteiger partial charge is 0.341 e. The molecule has 0 spiro atoms. The lowest BCUT2D eigenvalue weighted by Gasteiger charge is -2.20. The molecule has 0 aromatic heterocycles. The van der Waals surface area contributed by atoms with Crippen molar-refractivity contribution in [1.29, 1.82) is 0 Å². The number of carboxylic acids is 1. The number of aliphatic imine (C=N–C) groups is 1. The number of hydrogen-bond donors (Lipinski definition) is 1. The van der Waals surface area contributed by atoms with Crippen molar-refractivity contribution >= 4 is 73.4 Å². The van der Waals surface area contributed by atoms with Gasteiger partial charge in [-0.25, -0.2) is 4.79 Å². The van der Waals surface area contributed by atoms with Crippen LogP contribution < -0.4 is 4.74 Å². The summed E-state index contributed by atoms with van der Waals surface area (Å²) >= 11 is 6.87. The fraction of sp³-hybridized carbons (Fsp3) is 0.389. The SMILES string of the molecule is CC(C)N=C1S/C(=C/c2cc(Br)c(OCC(=O)O)c(I)c2)C(=O)N1C(C)C. The van der Waals surface area contributed by atoms with Gasteiger partial charge in [-0.2, -0.15) is 0 Å². The van der Waals surface area contributed by atoms with E-state index in [9.17, 15) is 9.59 Å². The summed E-state index contributed by atoms with van der Waals surface area (Å²) in [6, 6.07) is 3.77. The zero-order valence-electron chi connectivity index (χ0n) is 15.3. The molecule has 1 heterocycles. The number of nitrogens with zero attached hydrogens (tertiary/aromatic N) is 2. The zero-order valence-corrected chi connectivity index (χ0v) is 19.9. The Hall–Kier alpha value is -1.07. The molecule has 1 aromatic rings. The zero-order chi connectivity index (χ0) is 20.3. The highest BCUT2D eigenvalue weighted by Crippen LogP contribution is 2.37. The fourth-order valence-corrected chi connectivity index (χ4v) is 5.34. The van der Waals surface area contributed by atoms with Crippen molar-refractivity contribution in [3.8, 4) is 5.75 Å². The summed E-state index contributed by atoms with van der Waals surface area (Å²) in [5.74, 6) is -0.634. The number of carboxylic acid groups (broad SMARTS) is 1. The molecule has 1 aromatic carbocycles. The van der Waals surface area contributed by atoms with Gasteiger partial charge in [-0.05, 0) is 102 Å². The van der Waals surface area contributed by atoms with Gasteiger partial charge >= 0.3 is 5.97 Å². The van der Waals surface area contributed by atoms with Crippen LogP contribution in [0.4, 0.5) is 0 Å². The number of amides is 1. The van der Waals surface area contributed by atoms with Crippen LogP contribution in [0.2, 0.25) is 0 Å². The number of carbonyl (C=O) groups excluding carboxylic acids is 1. The van der Waals surface area contributed by atoms with Crippen LogP contribution in [0.5, 0.6) is 5.75 Å². The molecule has 6 nitrogen and oxygen atoms in total. The normalized spacial score (nSPS) is 17.6. The minimum absolute atomic E-state index is 0.0204. The van der Waals surface area contributed by atoms with E-state index in [2.05, 4.69) is 43.5 Å². The van der Waals surface area contributed by atoms with Gasteiger partial charge in [0.15, 0.2) is 11.8 Å². The number of amidine groups is 1. The molecule has 0 bridgehead atoms. The first-order chi connectivity index (χ1) is 12.6. The molecule has 2 rings (SSSR count). The van der Waals surface area contributed by atoms with E-state index in [1.54, 1.807) is 11.0 Å². The van der Waals surface area contributed by atoms with E-state index in [1.807, 2.05) is 39.8 Å². The Kier molecular flexibility index (Phi) is 7.75. The van der Waals surface area contributed by atoms with Crippen LogP contribution >= 0.6 is 50.3 Å². The first-order valence-electron chi connectivity index (χ1n) is 8.24. The molecule has 1 fully saturated rings. The summed E-state index contributed by atoms with van der Waals surface area (Å²) in [7, 11) is 0. The van der Waals surface area contributed by atoms with Crippen molar-refractivity contribution in [2.45, 2.75) is 39.8 Å². The highest BCUT2D eigenvalue weighted by Gasteiger charge is 2.35. The maximum atomic E-state index is 12.8. The molecule has 9 heteroatoms. The molecule has 0 atom stereocenters. The third kappa shape index (κ3) is 5.71. The topological polar surface area (TPSA) is 79.2 Å². The van der Waals surface area contributed by atoms with Gasteiger partial charge in [0.25, 0.3) is 5.91 Å². The van der Waals surface area contributed by atoms with E-state index in [0.29, 0.717) is 20.3 Å². The van der Waals surface area contributed by atoms with Gasteiger partial charge in [-0.3, -0.25) is 14.7 Å². The van der Waals surface area contributed by atoms with Gasteiger partial charge in [-0.15, -0.1) is 0 Å². The third-order valence-electron chi connectivity index (χ3n) is 3.38. The summed E-state index contributed by atoms with van der Waals surface area (Å²) in [6.07, 6.45) is 1.82. The molecule has 1 aliphatic rings. The summed E-state index contributed by atoms with van der Waals surface area (Å²) in [5.41, 5.74) is 0.819. The van der Waals surface area contributed by atoms with Gasteiger partial charge in [0.2, 0.25) is 0 Å². The molecule has 1 saturated heterocycles. The Morgan fingerprint density at radius 1 is 1.41 bits per heavy atom. The van der Waals surface area contributed by atoms with Gasteiger partial charge in [0.05, 0.1) is 12.9 Å². The Morgan fingerprint density at radius 2 is 2.07 bits per heavy atom. The van der Waals surface area contributed by atoms with Crippen LogP contribution in [0.1, 0.15) is 33.3 Å². The second-order valence-corrected chi connectivity index (χ2v) is 9.41. The second kappa shape index (κ2) is 9.42. The molecule has 1 aliphatic heterocycles. The van der Waals surface area contributed by atoms with Crippen molar-refractivity contribution in [2.75, 3.05) is 6.61 Å². The Morgan fingerprint density at radius 3 is 2.59 bits per heavy atom. The fourth-order valence-electron chi connectivity index (χ4n) is 2.34. The van der Waals surface area contributed by atoms with E-state index < -0.39 is 12.6 Å². The number of hydrogen-bond acceptors (Lipinski definition) is 5. The highest BCUT2D eigenvalue weighted by atomic mass is 127. The highest BCUT2D eigenvalue weighted by molar-refractivity contribution is 14.1. The summed E-state index contributed by atoms with van der Waals surface area (Å²) in [4.78, 5) is 30.4. The van der Waals surface area contributed by atoms with E-state index in [-0.39, 0.29) is 18.0 Å². The third-order valence-corrected chi connectivity index (χ3v) is 5.77. The lowest BCUT2D eigenvalue weighted by Crippen LogP contribution is -2.35. The van der Waals surface area contributed by atoms with Crippen molar-refractivity contribution in [1.82, 2.24) is 4.90 Å². The van der Waals surface area contributed by atoms with Crippen LogP contribution in [0.15, 0.2) is 26.5 Å². The second-order valence-electron chi connectivity index (χ2n) is 6.38. The maximum Gasteiger partial charge on any atom is 0.341 e. The van der Waals surface area contributed by atoms with Crippen molar-refractivity contribution in [2.24, 2.45) is 4.99 Å². The lowest BCUT2D eigenvalue weighted by molar-refractivity contribution is -0.139. The van der Waals surface area contributed by atoms with E-state index in [4.69, 9.17) is 9.84 Å². The quantitative estimate of drug-likeness (QED) is 0.402. The number of benzene rings is 1. The Balaban J connectivity index is 2.35. The van der Waals surface area contributed by atoms with Crippen LogP contribution in [0, 0.1) is 3.57 Å². The summed E-state index contributed by atoms with van der Waals surface area (Å²) in [5, 5.41) is 9.49. The summed E-state index contributed by atoms with van der Waals surface area (Å²) < 4.78 is 6.70. The lowest BCUT2D eigenvalue weighted by atomic mass is 10.2. The maximum absolute atomic E-state index is 12.8. The molecule has 27 heavy (non-hydrogen) atoms. The van der Waals surface area contributed by atoms with Crippen LogP contribution in [-0.4, -0.2) is 45.7 Å². The molecule has 0 aliphatic carbocycles. The molecular weight excluding hydrogens is 547 g/mol. The number of thioether (sulfide) groups is 1. The van der Waals surface area contributed by atoms with Crippen molar-refractivity contribution < 1.29 is 19.4 Å². The predicted octanol–water partition coefficient (Wildman–Crippen LogP) is 4.61. The van der Waals surface area contributed by atoms with Crippen molar-refractivity contribution in [3.05, 3.63) is 30.6 Å². The molecule has 1 amide bonds. The molecule has 1 N–H and O–H groups in total. The monoisotopic (exact) mass is 566 g/mol. The van der Waals surface area contributed by atoms with Crippen LogP contribution in [-0.2, 0) is 9.59 Å². The average Bonchev–Trinajstić information content (AvgIpc) is 2.81. The average molecular weight is 567 g/mol. The van der Waals surface area contributed by atoms with E-state index >= 15 is 0 Å². The van der Waals surface area contributed by atoms with Gasteiger partial charge in [0.1, 0.15) is 5.75 Å². The predicted molar refractivity (Wildman–Crippen MR) is 120 cm³/mol. The summed E-state index contributed by atoms with van der Waals surface area (Å²) in [6.45, 7) is 7.47. The number of ether oxygens (including phenoxy) is 1. The number of rotatable bonds is 6. The first-order valence-corrected chi connectivity index (χ1v) is 10.9. The van der Waals surface area contributed by atoms with Gasteiger partial charge in [-0.1, -0.05) is 0 Å². The Bertz CT molecular complexity index is 801. The van der Waals surface area contributed by atoms with Crippen molar-refractivity contribution in [3.63, 3.8) is 0 Å². The molecule has 0 unspecified atom stereocenters. The minimum Gasteiger partial charge on any atom is -0.480 e. The molecular formula is C18H20BrIN2O4S. The number of halogens is 2. The first kappa shape index (κ1) is 22.2. The number of carbonyl (C=O) groups is 2. The van der Waals surface area contributed by atoms with Crippen LogP contribution in [0.3, 0.4) is 0 Å². The Labute approximate surface area is 184 Å². The standard InChI is InChI=1S/C18H20BrIN2O4S/c1-9(2)21-18-22(10(3)4)17(25)14(27-18)7-11-5-12(19)16(13(20)6-11)26-8-15(23)24/h5-7,9-10H,8H2,1-4H3,(H,23,24)/b14-7+,21-18?. The molecule has 0 radical (unpaired) electrons. The van der Waals surface area contributed by atoms with E-state index in [0.717, 1.165) is 9.13 Å². The van der Waals surface area contributed by atoms with Gasteiger partial charge in [0, 0.05) is 12.1 Å². The molecule has 0 saturated carbocycles. The largest absolute Gasteiger partial charge is 0.480 e. The number of aliphatic carboxylic acids is 1. The minimum atomic E-state index is -1.04. The van der Waals surface area contributed by atoms with Crippen LogP contribution in [0.25, 0.3) is 6.08 Å². The van der Waals surface area contributed by atoms with E-state index in [1.165, 1.54) is 11.8 Å².